The maximum Gasteiger partial charge on any atom is 0.192 e. The second kappa shape index (κ2) is 13.6. The first-order chi connectivity index (χ1) is 18.2. The third kappa shape index (κ3) is 11.4. The van der Waals surface area contributed by atoms with E-state index in [0.29, 0.717) is 13.2 Å². The summed E-state index contributed by atoms with van der Waals surface area (Å²) in [6.45, 7) is 28.0. The lowest BCUT2D eigenvalue weighted by atomic mass is 9.98. The molecule has 0 aromatic heterocycles. The summed E-state index contributed by atoms with van der Waals surface area (Å²) < 4.78 is 13.2. The van der Waals surface area contributed by atoms with E-state index in [-0.39, 0.29) is 10.1 Å². The predicted octanol–water partition coefficient (Wildman–Crippen LogP) is 10.4. The van der Waals surface area contributed by atoms with Crippen molar-refractivity contribution in [2.45, 2.75) is 136 Å². The second-order valence-electron chi connectivity index (χ2n) is 15.3. The average Bonchev–Trinajstić information content (AvgIpc) is 2.81. The molecule has 0 heterocycles. The number of benzene rings is 2. The van der Waals surface area contributed by atoms with Crippen LogP contribution >= 0.6 is 0 Å². The van der Waals surface area contributed by atoms with Crippen LogP contribution in [-0.4, -0.2) is 27.3 Å². The molecular weight excluding hydrogens is 525 g/mol. The molecule has 2 aromatic rings. The Morgan fingerprint density at radius 1 is 0.650 bits per heavy atom. The Balaban J connectivity index is 2.25. The van der Waals surface area contributed by atoms with Gasteiger partial charge in [-0.3, -0.25) is 0 Å². The van der Waals surface area contributed by atoms with Crippen LogP contribution in [-0.2, 0) is 28.5 Å². The van der Waals surface area contributed by atoms with Crippen molar-refractivity contribution in [2.24, 2.45) is 0 Å². The quantitative estimate of drug-likeness (QED) is 0.145. The van der Waals surface area contributed by atoms with Gasteiger partial charge in [0.1, 0.15) is 0 Å². The monoisotopic (exact) mass is 582 g/mol. The van der Waals surface area contributed by atoms with Gasteiger partial charge in [0.15, 0.2) is 16.6 Å². The van der Waals surface area contributed by atoms with Crippen molar-refractivity contribution >= 4 is 28.8 Å². The summed E-state index contributed by atoms with van der Waals surface area (Å²) in [5.41, 5.74) is 5.58. The fraction of sp³-hybridized carbons (Fsp3) is 0.600. The fourth-order valence-electron chi connectivity index (χ4n) is 3.95. The molecule has 0 radical (unpaired) electrons. The van der Waals surface area contributed by atoms with Crippen molar-refractivity contribution in [3.05, 3.63) is 70.3 Å². The molecule has 2 rings (SSSR count). The Bertz CT molecular complexity index is 1060. The smallest absolute Gasteiger partial charge is 0.192 e. The zero-order chi connectivity index (χ0) is 30.4. The highest BCUT2D eigenvalue weighted by molar-refractivity contribution is 6.74. The minimum absolute atomic E-state index is 0.179. The molecule has 224 valence electrons. The highest BCUT2D eigenvalue weighted by Crippen LogP contribution is 2.38. The number of aryl methyl sites for hydroxylation is 1. The first kappa shape index (κ1) is 34.7. The molecular formula is C35H58O3Si2. The van der Waals surface area contributed by atoms with Gasteiger partial charge in [0, 0.05) is 0 Å². The van der Waals surface area contributed by atoms with Crippen LogP contribution in [0.2, 0.25) is 36.3 Å². The van der Waals surface area contributed by atoms with E-state index in [1.807, 2.05) is 13.8 Å². The number of rotatable bonds is 13. The molecule has 40 heavy (non-hydrogen) atoms. The first-order valence-electron chi connectivity index (χ1n) is 15.1. The van der Waals surface area contributed by atoms with Crippen LogP contribution in [0.1, 0.15) is 102 Å². The second-order valence-corrected chi connectivity index (χ2v) is 24.9. The molecule has 0 amide bonds. The Labute approximate surface area is 248 Å². The molecule has 0 aliphatic carbocycles. The van der Waals surface area contributed by atoms with Gasteiger partial charge in [0.25, 0.3) is 0 Å². The zero-order valence-corrected chi connectivity index (χ0v) is 29.7. The van der Waals surface area contributed by atoms with Crippen molar-refractivity contribution in [3.8, 4) is 0 Å². The summed E-state index contributed by atoms with van der Waals surface area (Å²) in [7, 11) is -3.71. The lowest BCUT2D eigenvalue weighted by Gasteiger charge is -2.36. The molecule has 2 aromatic carbocycles. The van der Waals surface area contributed by atoms with Crippen LogP contribution in [0, 0.1) is 0 Å². The maximum atomic E-state index is 9.97. The summed E-state index contributed by atoms with van der Waals surface area (Å²) >= 11 is 0. The molecule has 0 unspecified atom stereocenters. The van der Waals surface area contributed by atoms with E-state index >= 15 is 0 Å². The summed E-state index contributed by atoms with van der Waals surface area (Å²) in [6.07, 6.45) is 8.43. The highest BCUT2D eigenvalue weighted by atomic mass is 28.4. The van der Waals surface area contributed by atoms with E-state index in [4.69, 9.17) is 8.85 Å². The van der Waals surface area contributed by atoms with Crippen LogP contribution in [0.15, 0.2) is 42.5 Å². The maximum absolute atomic E-state index is 9.97. The lowest BCUT2D eigenvalue weighted by Crippen LogP contribution is -2.40. The van der Waals surface area contributed by atoms with E-state index in [1.54, 1.807) is 0 Å². The standard InChI is InChI=1S/C35H58O3Si2/c1-33(2,3)39(9,10)37-26-31-23-30(24-32(25-31)27-38-40(11,12)34(4,5)6)20-19-29-18-15-17-28(22-29)16-13-14-21-35(7,8)36/h15,17-20,22-25,36H,13-14,16,21,26-27H2,1-12H3. The van der Waals surface area contributed by atoms with Crippen molar-refractivity contribution in [1.29, 1.82) is 0 Å². The minimum Gasteiger partial charge on any atom is -0.413 e. The number of unbranched alkanes of at least 4 members (excludes halogenated alkanes) is 1. The van der Waals surface area contributed by atoms with Gasteiger partial charge in [0.2, 0.25) is 0 Å². The van der Waals surface area contributed by atoms with Gasteiger partial charge in [-0.05, 0) is 109 Å². The molecule has 0 bridgehead atoms. The molecule has 3 nitrogen and oxygen atoms in total. The highest BCUT2D eigenvalue weighted by Gasteiger charge is 2.38. The van der Waals surface area contributed by atoms with Crippen LogP contribution in [0.4, 0.5) is 0 Å². The van der Waals surface area contributed by atoms with E-state index in [2.05, 4.69) is 122 Å². The number of hydrogen-bond acceptors (Lipinski definition) is 3. The van der Waals surface area contributed by atoms with E-state index in [0.717, 1.165) is 25.7 Å². The molecule has 0 atom stereocenters. The SMILES string of the molecule is CC(C)(O)CCCCc1cccc(C=Cc2cc(CO[Si](C)(C)C(C)(C)C)cc(CO[Si](C)(C)C(C)(C)C)c2)c1. The van der Waals surface area contributed by atoms with Crippen molar-refractivity contribution in [2.75, 3.05) is 0 Å². The fourth-order valence-corrected chi connectivity index (χ4v) is 5.87. The summed E-state index contributed by atoms with van der Waals surface area (Å²) in [5.74, 6) is 0. The van der Waals surface area contributed by atoms with Crippen molar-refractivity contribution < 1.29 is 14.0 Å². The van der Waals surface area contributed by atoms with Gasteiger partial charge in [-0.2, -0.15) is 0 Å². The third-order valence-corrected chi connectivity index (χ3v) is 17.8. The molecule has 0 saturated heterocycles. The van der Waals surface area contributed by atoms with Gasteiger partial charge >= 0.3 is 0 Å². The molecule has 0 saturated carbocycles. The largest absolute Gasteiger partial charge is 0.413 e. The van der Waals surface area contributed by atoms with Crippen molar-refractivity contribution in [3.63, 3.8) is 0 Å². The van der Waals surface area contributed by atoms with Crippen LogP contribution in [0.5, 0.6) is 0 Å². The number of aliphatic hydroxyl groups is 1. The molecule has 0 fully saturated rings. The molecule has 0 spiro atoms. The number of hydrogen-bond donors (Lipinski definition) is 1. The minimum atomic E-state index is -1.85. The Kier molecular flexibility index (Phi) is 11.8. The van der Waals surface area contributed by atoms with Gasteiger partial charge in [-0.25, -0.2) is 0 Å². The van der Waals surface area contributed by atoms with Gasteiger partial charge in [-0.1, -0.05) is 90.4 Å². The van der Waals surface area contributed by atoms with Crippen molar-refractivity contribution in [1.82, 2.24) is 0 Å². The summed E-state index contributed by atoms with van der Waals surface area (Å²) in [6, 6.07) is 15.6. The predicted molar refractivity (Wildman–Crippen MR) is 180 cm³/mol. The Morgan fingerprint density at radius 2 is 1.12 bits per heavy atom. The molecule has 5 heteroatoms. The zero-order valence-electron chi connectivity index (χ0n) is 27.7. The topological polar surface area (TPSA) is 38.7 Å². The third-order valence-electron chi connectivity index (χ3n) is 8.81. The lowest BCUT2D eigenvalue weighted by molar-refractivity contribution is 0.0682. The van der Waals surface area contributed by atoms with Gasteiger partial charge in [0.05, 0.1) is 18.8 Å². The summed E-state index contributed by atoms with van der Waals surface area (Å²) in [4.78, 5) is 0. The molecule has 0 aliphatic heterocycles. The van der Waals surface area contributed by atoms with Gasteiger partial charge < -0.3 is 14.0 Å². The van der Waals surface area contributed by atoms with Crippen LogP contribution < -0.4 is 0 Å². The van der Waals surface area contributed by atoms with E-state index in [1.165, 1.54) is 27.8 Å². The molecule has 1 N–H and O–H groups in total. The van der Waals surface area contributed by atoms with E-state index in [9.17, 15) is 5.11 Å². The Morgan fingerprint density at radius 3 is 1.60 bits per heavy atom. The first-order valence-corrected chi connectivity index (χ1v) is 20.9. The average molecular weight is 583 g/mol. The van der Waals surface area contributed by atoms with E-state index < -0.39 is 22.2 Å². The van der Waals surface area contributed by atoms with Gasteiger partial charge in [-0.15, -0.1) is 0 Å². The molecule has 0 aliphatic rings. The summed E-state index contributed by atoms with van der Waals surface area (Å²) in [5, 5.41) is 10.3. The van der Waals surface area contributed by atoms with Crippen LogP contribution in [0.3, 0.4) is 0 Å². The normalized spacial score (nSPS) is 13.8. The van der Waals surface area contributed by atoms with Crippen LogP contribution in [0.25, 0.3) is 12.2 Å². The Hall–Kier alpha value is -1.51.